The van der Waals surface area contributed by atoms with Crippen LogP contribution in [0.25, 0.3) is 0 Å². The summed E-state index contributed by atoms with van der Waals surface area (Å²) in [5.41, 5.74) is 8.47. The topological polar surface area (TPSA) is 72.2 Å². The maximum atomic E-state index is 11.4. The molecule has 0 aromatic heterocycles. The van der Waals surface area contributed by atoms with Crippen LogP contribution in [0.2, 0.25) is 0 Å². The molecule has 0 spiro atoms. The second-order valence-corrected chi connectivity index (χ2v) is 5.79. The third kappa shape index (κ3) is 3.92. The Bertz CT molecular complexity index is 455. The van der Waals surface area contributed by atoms with Crippen LogP contribution in [0.15, 0.2) is 18.2 Å². The number of nitrogens with two attached hydrogens (primary N) is 1. The van der Waals surface area contributed by atoms with Crippen LogP contribution >= 0.6 is 0 Å². The van der Waals surface area contributed by atoms with E-state index >= 15 is 0 Å². The first-order valence-corrected chi connectivity index (χ1v) is 6.83. The molecule has 0 saturated carbocycles. The highest BCUT2D eigenvalue weighted by Crippen LogP contribution is 2.10. The maximum absolute atomic E-state index is 11.4. The molecule has 0 amide bonds. The number of sulfonamides is 1. The third-order valence-corrected chi connectivity index (χ3v) is 3.72. The van der Waals surface area contributed by atoms with Crippen LogP contribution in [0.5, 0.6) is 0 Å². The van der Waals surface area contributed by atoms with E-state index in [1.54, 1.807) is 0 Å². The first-order chi connectivity index (χ1) is 7.44. The minimum atomic E-state index is -3.23. The highest BCUT2D eigenvalue weighted by atomic mass is 32.2. The Morgan fingerprint density at radius 1 is 1.31 bits per heavy atom. The molecule has 16 heavy (non-hydrogen) atoms. The van der Waals surface area contributed by atoms with Crippen molar-refractivity contribution in [1.29, 1.82) is 0 Å². The van der Waals surface area contributed by atoms with E-state index in [0.717, 1.165) is 11.1 Å². The smallest absolute Gasteiger partial charge is 0.213 e. The maximum Gasteiger partial charge on any atom is 0.213 e. The van der Waals surface area contributed by atoms with Crippen molar-refractivity contribution in [2.75, 3.05) is 12.3 Å². The molecule has 0 aliphatic rings. The molecule has 0 bridgehead atoms. The molecule has 0 fully saturated rings. The van der Waals surface area contributed by atoms with Gasteiger partial charge in [0.1, 0.15) is 0 Å². The molecule has 0 aliphatic carbocycles. The molecule has 1 rings (SSSR count). The van der Waals surface area contributed by atoms with E-state index in [0.29, 0.717) is 6.54 Å². The second-order valence-electron chi connectivity index (χ2n) is 3.86. The zero-order valence-electron chi connectivity index (χ0n) is 9.66. The van der Waals surface area contributed by atoms with Crippen molar-refractivity contribution < 1.29 is 8.42 Å². The summed E-state index contributed by atoms with van der Waals surface area (Å²) in [7, 11) is -3.23. The number of aryl methyl sites for hydroxylation is 2. The standard InChI is InChI=1S/C11H18N2O2S/c1-9-3-4-11(10(2)7-9)8-13-16(14,15)6-5-12/h3-4,7,13H,5-6,8,12H2,1-2H3. The fourth-order valence-electron chi connectivity index (χ4n) is 1.46. The number of rotatable bonds is 5. The lowest BCUT2D eigenvalue weighted by molar-refractivity contribution is 0.581. The normalized spacial score (nSPS) is 11.7. The zero-order valence-corrected chi connectivity index (χ0v) is 10.5. The molecule has 90 valence electrons. The molecular weight excluding hydrogens is 224 g/mol. The van der Waals surface area contributed by atoms with E-state index in [1.165, 1.54) is 5.56 Å². The molecule has 4 nitrogen and oxygen atoms in total. The van der Waals surface area contributed by atoms with Crippen LogP contribution in [0.1, 0.15) is 16.7 Å². The number of hydrogen-bond acceptors (Lipinski definition) is 3. The van der Waals surface area contributed by atoms with Crippen molar-refractivity contribution in [2.24, 2.45) is 5.73 Å². The van der Waals surface area contributed by atoms with Gasteiger partial charge in [-0.2, -0.15) is 0 Å². The van der Waals surface area contributed by atoms with Gasteiger partial charge in [-0.1, -0.05) is 23.8 Å². The van der Waals surface area contributed by atoms with E-state index in [9.17, 15) is 8.42 Å². The summed E-state index contributed by atoms with van der Waals surface area (Å²) >= 11 is 0. The highest BCUT2D eigenvalue weighted by molar-refractivity contribution is 7.89. The fraction of sp³-hybridized carbons (Fsp3) is 0.455. The van der Waals surface area contributed by atoms with Gasteiger partial charge in [0.15, 0.2) is 0 Å². The SMILES string of the molecule is Cc1ccc(CNS(=O)(=O)CCN)c(C)c1. The fourth-order valence-corrected chi connectivity index (χ4v) is 2.29. The van der Waals surface area contributed by atoms with Gasteiger partial charge in [-0.25, -0.2) is 13.1 Å². The molecule has 3 N–H and O–H groups in total. The van der Waals surface area contributed by atoms with E-state index < -0.39 is 10.0 Å². The third-order valence-electron chi connectivity index (χ3n) is 2.37. The monoisotopic (exact) mass is 242 g/mol. The minimum absolute atomic E-state index is 0.0299. The average molecular weight is 242 g/mol. The summed E-state index contributed by atoms with van der Waals surface area (Å²) < 4.78 is 25.3. The average Bonchev–Trinajstić information content (AvgIpc) is 2.16. The zero-order chi connectivity index (χ0) is 12.2. The molecule has 0 saturated heterocycles. The van der Waals surface area contributed by atoms with Crippen molar-refractivity contribution in [3.63, 3.8) is 0 Å². The van der Waals surface area contributed by atoms with Gasteiger partial charge in [-0.15, -0.1) is 0 Å². The van der Waals surface area contributed by atoms with Crippen molar-refractivity contribution >= 4 is 10.0 Å². The minimum Gasteiger partial charge on any atom is -0.329 e. The van der Waals surface area contributed by atoms with Crippen molar-refractivity contribution in [2.45, 2.75) is 20.4 Å². The highest BCUT2D eigenvalue weighted by Gasteiger charge is 2.08. The van der Waals surface area contributed by atoms with Crippen LogP contribution in [0.4, 0.5) is 0 Å². The van der Waals surface area contributed by atoms with Crippen LogP contribution in [0.3, 0.4) is 0 Å². The molecule has 5 heteroatoms. The summed E-state index contributed by atoms with van der Waals surface area (Å²) in [6.45, 7) is 4.45. The summed E-state index contributed by atoms with van der Waals surface area (Å²) in [6, 6.07) is 5.95. The van der Waals surface area contributed by atoms with E-state index in [4.69, 9.17) is 5.73 Å². The van der Waals surface area contributed by atoms with Crippen molar-refractivity contribution in [1.82, 2.24) is 4.72 Å². The van der Waals surface area contributed by atoms with Gasteiger partial charge in [0.25, 0.3) is 0 Å². The molecular formula is C11H18N2O2S. The van der Waals surface area contributed by atoms with Gasteiger partial charge in [-0.3, -0.25) is 0 Å². The summed E-state index contributed by atoms with van der Waals surface area (Å²) in [5, 5.41) is 0. The van der Waals surface area contributed by atoms with Gasteiger partial charge >= 0.3 is 0 Å². The quantitative estimate of drug-likeness (QED) is 0.797. The Morgan fingerprint density at radius 3 is 2.56 bits per heavy atom. The number of benzene rings is 1. The van der Waals surface area contributed by atoms with Crippen molar-refractivity contribution in [3.05, 3.63) is 34.9 Å². The van der Waals surface area contributed by atoms with Crippen LogP contribution < -0.4 is 10.5 Å². The predicted molar refractivity (Wildman–Crippen MR) is 65.6 cm³/mol. The Kier molecular flexibility index (Phi) is 4.46. The Balaban J connectivity index is 2.68. The Hall–Kier alpha value is -0.910. The summed E-state index contributed by atoms with van der Waals surface area (Å²) in [5.74, 6) is -0.0299. The summed E-state index contributed by atoms with van der Waals surface area (Å²) in [4.78, 5) is 0. The molecule has 0 heterocycles. The van der Waals surface area contributed by atoms with Gasteiger partial charge in [0, 0.05) is 13.1 Å². The lowest BCUT2D eigenvalue weighted by Crippen LogP contribution is -2.29. The molecule has 1 aromatic carbocycles. The van der Waals surface area contributed by atoms with Gasteiger partial charge in [0.2, 0.25) is 10.0 Å². The first kappa shape index (κ1) is 13.2. The van der Waals surface area contributed by atoms with Crippen LogP contribution in [0, 0.1) is 13.8 Å². The molecule has 0 aliphatic heterocycles. The Labute approximate surface area is 96.9 Å². The lowest BCUT2D eigenvalue weighted by Gasteiger charge is -2.08. The molecule has 1 aromatic rings. The lowest BCUT2D eigenvalue weighted by atomic mass is 10.1. The molecule has 0 radical (unpaired) electrons. The Morgan fingerprint density at radius 2 is 2.00 bits per heavy atom. The first-order valence-electron chi connectivity index (χ1n) is 5.18. The van der Waals surface area contributed by atoms with Crippen LogP contribution in [-0.4, -0.2) is 20.7 Å². The van der Waals surface area contributed by atoms with Crippen LogP contribution in [-0.2, 0) is 16.6 Å². The molecule has 0 unspecified atom stereocenters. The second kappa shape index (κ2) is 5.43. The number of nitrogens with one attached hydrogen (secondary N) is 1. The van der Waals surface area contributed by atoms with Crippen molar-refractivity contribution in [3.8, 4) is 0 Å². The summed E-state index contributed by atoms with van der Waals surface area (Å²) in [6.07, 6.45) is 0. The van der Waals surface area contributed by atoms with E-state index in [1.807, 2.05) is 32.0 Å². The van der Waals surface area contributed by atoms with Gasteiger partial charge < -0.3 is 5.73 Å². The largest absolute Gasteiger partial charge is 0.329 e. The molecule has 0 atom stereocenters. The number of hydrogen-bond donors (Lipinski definition) is 2. The predicted octanol–water partition coefficient (Wildman–Crippen LogP) is 0.682. The van der Waals surface area contributed by atoms with Gasteiger partial charge in [-0.05, 0) is 25.0 Å². The van der Waals surface area contributed by atoms with E-state index in [-0.39, 0.29) is 12.3 Å². The van der Waals surface area contributed by atoms with E-state index in [2.05, 4.69) is 4.72 Å². The van der Waals surface area contributed by atoms with Gasteiger partial charge in [0.05, 0.1) is 5.75 Å².